The van der Waals surface area contributed by atoms with Gasteiger partial charge in [0.2, 0.25) is 0 Å². The largest absolute Gasteiger partial charge is 0.508 e. The van der Waals surface area contributed by atoms with Crippen LogP contribution in [0, 0.1) is 25.2 Å². The Morgan fingerprint density at radius 3 is 2.50 bits per heavy atom. The number of halogens is 1. The van der Waals surface area contributed by atoms with Crippen molar-refractivity contribution in [2.75, 3.05) is 0 Å². The minimum Gasteiger partial charge on any atom is -0.508 e. The molecule has 1 N–H and O–H groups in total. The molecule has 0 aliphatic rings. The van der Waals surface area contributed by atoms with Crippen molar-refractivity contribution in [1.29, 1.82) is 5.26 Å². The first kappa shape index (κ1) is 16.2. The molecule has 0 bridgehead atoms. The molecule has 0 aliphatic carbocycles. The highest BCUT2D eigenvalue weighted by Crippen LogP contribution is 2.41. The molecule has 0 fully saturated rings. The molecule has 0 unspecified atom stereocenters. The van der Waals surface area contributed by atoms with Gasteiger partial charge in [-0.2, -0.15) is 5.26 Å². The molecule has 2 aromatic heterocycles. The van der Waals surface area contributed by atoms with Crippen LogP contribution >= 0.6 is 11.6 Å². The van der Waals surface area contributed by atoms with Gasteiger partial charge in [-0.05, 0) is 50.2 Å². The lowest BCUT2D eigenvalue weighted by atomic mass is 10.0. The van der Waals surface area contributed by atoms with Gasteiger partial charge < -0.3 is 14.2 Å². The molecular formula is C20H14ClN3O2. The van der Waals surface area contributed by atoms with E-state index < -0.39 is 0 Å². The molecule has 5 nitrogen and oxygen atoms in total. The molecule has 0 spiro atoms. The number of phenols is 1. The molecule has 4 rings (SSSR count). The van der Waals surface area contributed by atoms with Crippen LogP contribution in [0.5, 0.6) is 5.75 Å². The van der Waals surface area contributed by atoms with Gasteiger partial charge >= 0.3 is 0 Å². The highest BCUT2D eigenvalue weighted by atomic mass is 35.5. The highest BCUT2D eigenvalue weighted by molar-refractivity contribution is 6.36. The van der Waals surface area contributed by atoms with Gasteiger partial charge in [-0.15, -0.1) is 0 Å². The predicted octanol–water partition coefficient (Wildman–Crippen LogP) is 5.13. The van der Waals surface area contributed by atoms with Crippen LogP contribution in [0.3, 0.4) is 0 Å². The minimum atomic E-state index is 0.169. The number of hydrogen-bond acceptors (Lipinski definition) is 4. The van der Waals surface area contributed by atoms with E-state index in [9.17, 15) is 10.4 Å². The van der Waals surface area contributed by atoms with Crippen molar-refractivity contribution in [3.05, 3.63) is 64.5 Å². The first-order chi connectivity index (χ1) is 12.5. The van der Waals surface area contributed by atoms with Crippen LogP contribution in [0.1, 0.15) is 17.0 Å². The average molecular weight is 364 g/mol. The normalized spacial score (nSPS) is 11.0. The Bertz CT molecular complexity index is 1160. The van der Waals surface area contributed by atoms with E-state index in [4.69, 9.17) is 16.1 Å². The lowest BCUT2D eigenvalue weighted by molar-refractivity contribution is 0.393. The molecule has 6 heteroatoms. The van der Waals surface area contributed by atoms with Gasteiger partial charge in [0.25, 0.3) is 0 Å². The molecule has 0 atom stereocenters. The number of aromatic nitrogens is 2. The summed E-state index contributed by atoms with van der Waals surface area (Å²) in [7, 11) is 0. The molecule has 0 saturated heterocycles. The van der Waals surface area contributed by atoms with Crippen molar-refractivity contribution in [2.45, 2.75) is 13.8 Å². The van der Waals surface area contributed by atoms with Crippen LogP contribution in [0.2, 0.25) is 5.02 Å². The summed E-state index contributed by atoms with van der Waals surface area (Å²) in [4.78, 5) is 0. The zero-order chi connectivity index (χ0) is 18.4. The monoisotopic (exact) mass is 363 g/mol. The SMILES string of the molecule is Cc1noc(C)c1-c1c(C#N)c2c(Cl)cccc2n1-c1ccc(O)cc1. The lowest BCUT2D eigenvalue weighted by Gasteiger charge is -2.11. The maximum absolute atomic E-state index is 9.91. The van der Waals surface area contributed by atoms with E-state index in [1.807, 2.05) is 30.5 Å². The van der Waals surface area contributed by atoms with E-state index in [2.05, 4.69) is 11.2 Å². The molecule has 2 heterocycles. The number of fused-ring (bicyclic) bond motifs is 1. The third-order valence-electron chi connectivity index (χ3n) is 4.43. The molecular weight excluding hydrogens is 350 g/mol. The molecule has 4 aromatic rings. The van der Waals surface area contributed by atoms with Crippen molar-refractivity contribution < 1.29 is 9.63 Å². The summed E-state index contributed by atoms with van der Waals surface area (Å²) in [6.07, 6.45) is 0. The molecule has 0 radical (unpaired) electrons. The van der Waals surface area contributed by atoms with Gasteiger partial charge in [0, 0.05) is 11.1 Å². The average Bonchev–Trinajstić information content (AvgIpc) is 3.13. The Hall–Kier alpha value is -3.23. The number of aromatic hydroxyl groups is 1. The summed E-state index contributed by atoms with van der Waals surface area (Å²) < 4.78 is 7.29. The number of rotatable bonds is 2. The second-order valence-electron chi connectivity index (χ2n) is 6.02. The van der Waals surface area contributed by atoms with E-state index >= 15 is 0 Å². The second-order valence-corrected chi connectivity index (χ2v) is 6.43. The van der Waals surface area contributed by atoms with Gasteiger partial charge in [0.15, 0.2) is 0 Å². The van der Waals surface area contributed by atoms with Crippen molar-refractivity contribution in [1.82, 2.24) is 9.72 Å². The van der Waals surface area contributed by atoms with Crippen LogP contribution in [-0.2, 0) is 0 Å². The second kappa shape index (κ2) is 5.94. The summed E-state index contributed by atoms with van der Waals surface area (Å²) in [6, 6.07) is 14.6. The summed E-state index contributed by atoms with van der Waals surface area (Å²) in [6.45, 7) is 3.66. The zero-order valence-electron chi connectivity index (χ0n) is 14.1. The maximum atomic E-state index is 9.91. The van der Waals surface area contributed by atoms with Gasteiger partial charge in [0.05, 0.1) is 33.1 Å². The number of benzene rings is 2. The van der Waals surface area contributed by atoms with Crippen molar-refractivity contribution in [3.8, 4) is 28.8 Å². The molecule has 128 valence electrons. The first-order valence-corrected chi connectivity index (χ1v) is 8.36. The van der Waals surface area contributed by atoms with Gasteiger partial charge in [-0.25, -0.2) is 0 Å². The Balaban J connectivity index is 2.23. The van der Waals surface area contributed by atoms with Gasteiger partial charge in [-0.3, -0.25) is 0 Å². The molecule has 2 aromatic carbocycles. The topological polar surface area (TPSA) is 75.0 Å². The maximum Gasteiger partial charge on any atom is 0.143 e. The number of phenolic OH excluding ortho intramolecular Hbond substituents is 1. The minimum absolute atomic E-state index is 0.169. The van der Waals surface area contributed by atoms with E-state index in [0.717, 1.165) is 16.8 Å². The fourth-order valence-corrected chi connectivity index (χ4v) is 3.60. The molecule has 0 amide bonds. The van der Waals surface area contributed by atoms with Crippen molar-refractivity contribution in [2.24, 2.45) is 0 Å². The Kier molecular flexibility index (Phi) is 3.71. The van der Waals surface area contributed by atoms with E-state index in [1.54, 1.807) is 30.3 Å². The molecule has 26 heavy (non-hydrogen) atoms. The smallest absolute Gasteiger partial charge is 0.143 e. The number of nitrogens with zero attached hydrogens (tertiary/aromatic N) is 3. The van der Waals surface area contributed by atoms with E-state index in [-0.39, 0.29) is 5.75 Å². The first-order valence-electron chi connectivity index (χ1n) is 7.98. The number of nitriles is 1. The van der Waals surface area contributed by atoms with Crippen molar-refractivity contribution in [3.63, 3.8) is 0 Å². The van der Waals surface area contributed by atoms with Crippen LogP contribution in [0.15, 0.2) is 47.0 Å². The van der Waals surface area contributed by atoms with E-state index in [0.29, 0.717) is 33.1 Å². The Morgan fingerprint density at radius 1 is 1.15 bits per heavy atom. The van der Waals surface area contributed by atoms with Crippen LogP contribution in [0.4, 0.5) is 0 Å². The summed E-state index contributed by atoms with van der Waals surface area (Å²) in [5, 5.41) is 24.8. The third-order valence-corrected chi connectivity index (χ3v) is 4.75. The predicted molar refractivity (Wildman–Crippen MR) is 99.6 cm³/mol. The number of hydrogen-bond donors (Lipinski definition) is 1. The summed E-state index contributed by atoms with van der Waals surface area (Å²) in [5.41, 5.74) is 4.20. The highest BCUT2D eigenvalue weighted by Gasteiger charge is 2.26. The van der Waals surface area contributed by atoms with E-state index in [1.165, 1.54) is 0 Å². The zero-order valence-corrected chi connectivity index (χ0v) is 14.9. The standard InChI is InChI=1S/C20H14ClN3O2/c1-11-18(12(2)26-23-11)20-15(10-22)19-16(21)4-3-5-17(19)24(20)13-6-8-14(25)9-7-13/h3-9,25H,1-2H3. The lowest BCUT2D eigenvalue weighted by Crippen LogP contribution is -1.98. The molecule has 0 saturated carbocycles. The Labute approximate surface area is 154 Å². The third kappa shape index (κ3) is 2.27. The fourth-order valence-electron chi connectivity index (χ4n) is 3.33. The van der Waals surface area contributed by atoms with Crippen LogP contribution in [-0.4, -0.2) is 14.8 Å². The van der Waals surface area contributed by atoms with Gasteiger partial charge in [0.1, 0.15) is 17.6 Å². The quantitative estimate of drug-likeness (QED) is 0.535. The summed E-state index contributed by atoms with van der Waals surface area (Å²) in [5.74, 6) is 0.792. The van der Waals surface area contributed by atoms with Crippen LogP contribution < -0.4 is 0 Å². The van der Waals surface area contributed by atoms with Crippen LogP contribution in [0.25, 0.3) is 27.8 Å². The molecule has 0 aliphatic heterocycles. The van der Waals surface area contributed by atoms with Gasteiger partial charge in [-0.1, -0.05) is 22.8 Å². The number of aryl methyl sites for hydroxylation is 2. The summed E-state index contributed by atoms with van der Waals surface area (Å²) >= 11 is 6.44. The Morgan fingerprint density at radius 2 is 1.88 bits per heavy atom. The fraction of sp³-hybridized carbons (Fsp3) is 0.100. The van der Waals surface area contributed by atoms with Crippen molar-refractivity contribution >= 4 is 22.5 Å².